The maximum atomic E-state index is 11.8. The first-order valence-corrected chi connectivity index (χ1v) is 5.79. The van der Waals surface area contributed by atoms with Crippen LogP contribution in [0.4, 0.5) is 0 Å². The van der Waals surface area contributed by atoms with Crippen molar-refractivity contribution in [3.8, 4) is 0 Å². The maximum absolute atomic E-state index is 11.8. The topological polar surface area (TPSA) is 84.2 Å². The van der Waals surface area contributed by atoms with Gasteiger partial charge in [-0.15, -0.1) is 0 Å². The highest BCUT2D eigenvalue weighted by molar-refractivity contribution is 5.91. The molecule has 0 atom stereocenters. The molecule has 0 radical (unpaired) electrons. The predicted molar refractivity (Wildman–Crippen MR) is 67.3 cm³/mol. The number of aryl methyl sites for hydroxylation is 1. The van der Waals surface area contributed by atoms with Gasteiger partial charge < -0.3 is 10.4 Å². The molecular formula is C12H19N3O3. The zero-order valence-electron chi connectivity index (χ0n) is 10.9. The number of nitrogens with zero attached hydrogens (tertiary/aromatic N) is 2. The van der Waals surface area contributed by atoms with Gasteiger partial charge in [0.05, 0.1) is 0 Å². The zero-order valence-corrected chi connectivity index (χ0v) is 10.9. The van der Waals surface area contributed by atoms with E-state index in [9.17, 15) is 9.59 Å². The van der Waals surface area contributed by atoms with Crippen LogP contribution in [0.3, 0.4) is 0 Å². The highest BCUT2D eigenvalue weighted by Gasteiger charge is 2.19. The Morgan fingerprint density at radius 1 is 1.50 bits per heavy atom. The standard InChI is InChI=1S/C12H19N3O3/c1-12(2,6-7-16)8-13-11(18)9-4-5-10(17)15(3)14-9/h4-5,16H,6-8H2,1-3H3,(H,13,18). The molecule has 18 heavy (non-hydrogen) atoms. The number of amides is 1. The number of rotatable bonds is 5. The van der Waals surface area contributed by atoms with Crippen LogP contribution in [0.25, 0.3) is 0 Å². The van der Waals surface area contributed by atoms with Gasteiger partial charge in [-0.25, -0.2) is 4.68 Å². The molecule has 1 aromatic heterocycles. The molecule has 6 nitrogen and oxygen atoms in total. The molecule has 100 valence electrons. The third-order valence-electron chi connectivity index (χ3n) is 2.71. The molecule has 0 saturated heterocycles. The third kappa shape index (κ3) is 3.96. The fourth-order valence-electron chi connectivity index (χ4n) is 1.42. The molecule has 0 saturated carbocycles. The highest BCUT2D eigenvalue weighted by Crippen LogP contribution is 2.17. The lowest BCUT2D eigenvalue weighted by molar-refractivity contribution is 0.0921. The quantitative estimate of drug-likeness (QED) is 0.768. The van der Waals surface area contributed by atoms with Gasteiger partial charge in [-0.05, 0) is 17.9 Å². The zero-order chi connectivity index (χ0) is 13.8. The molecule has 1 rings (SSSR count). The second kappa shape index (κ2) is 5.77. The van der Waals surface area contributed by atoms with Crippen LogP contribution in [0.5, 0.6) is 0 Å². The van der Waals surface area contributed by atoms with Crippen molar-refractivity contribution in [3.63, 3.8) is 0 Å². The number of carbonyl (C=O) groups excluding carboxylic acids is 1. The lowest BCUT2D eigenvalue weighted by atomic mass is 9.90. The fourth-order valence-corrected chi connectivity index (χ4v) is 1.42. The van der Waals surface area contributed by atoms with Crippen LogP contribution in [-0.2, 0) is 7.05 Å². The van der Waals surface area contributed by atoms with Crippen molar-refractivity contribution < 1.29 is 9.90 Å². The van der Waals surface area contributed by atoms with Crippen LogP contribution in [0, 0.1) is 5.41 Å². The predicted octanol–water partition coefficient (Wildman–Crippen LogP) is -0.0813. The van der Waals surface area contributed by atoms with Crippen LogP contribution < -0.4 is 10.9 Å². The number of carbonyl (C=O) groups is 1. The Kier molecular flexibility index (Phi) is 4.61. The Morgan fingerprint density at radius 3 is 2.72 bits per heavy atom. The summed E-state index contributed by atoms with van der Waals surface area (Å²) in [6.07, 6.45) is 0.605. The number of aliphatic hydroxyl groups excluding tert-OH is 1. The second-order valence-corrected chi connectivity index (χ2v) is 5.00. The van der Waals surface area contributed by atoms with Crippen LogP contribution in [-0.4, -0.2) is 33.9 Å². The van der Waals surface area contributed by atoms with E-state index >= 15 is 0 Å². The number of nitrogens with one attached hydrogen (secondary N) is 1. The Bertz CT molecular complexity index is 480. The molecule has 0 bridgehead atoms. The normalized spacial score (nSPS) is 11.3. The summed E-state index contributed by atoms with van der Waals surface area (Å²) >= 11 is 0. The average molecular weight is 253 g/mol. The van der Waals surface area contributed by atoms with E-state index < -0.39 is 0 Å². The monoisotopic (exact) mass is 253 g/mol. The van der Waals surface area contributed by atoms with Gasteiger partial charge in [0.25, 0.3) is 11.5 Å². The minimum absolute atomic E-state index is 0.0843. The van der Waals surface area contributed by atoms with Gasteiger partial charge in [-0.2, -0.15) is 5.10 Å². The molecule has 0 unspecified atom stereocenters. The third-order valence-corrected chi connectivity index (χ3v) is 2.71. The molecule has 0 fully saturated rings. The largest absolute Gasteiger partial charge is 0.396 e. The summed E-state index contributed by atoms with van der Waals surface area (Å²) in [5, 5.41) is 15.5. The van der Waals surface area contributed by atoms with Crippen LogP contribution in [0.2, 0.25) is 0 Å². The molecule has 6 heteroatoms. The summed E-state index contributed by atoms with van der Waals surface area (Å²) in [4.78, 5) is 22.9. The van der Waals surface area contributed by atoms with E-state index in [-0.39, 0.29) is 29.2 Å². The summed E-state index contributed by atoms with van der Waals surface area (Å²) in [5.41, 5.74) is -0.227. The van der Waals surface area contributed by atoms with Gasteiger partial charge in [0, 0.05) is 26.3 Å². The lowest BCUT2D eigenvalue weighted by Gasteiger charge is -2.23. The molecule has 0 spiro atoms. The maximum Gasteiger partial charge on any atom is 0.271 e. The van der Waals surface area contributed by atoms with E-state index in [1.807, 2.05) is 13.8 Å². The molecular weight excluding hydrogens is 234 g/mol. The average Bonchev–Trinajstić information content (AvgIpc) is 2.30. The summed E-state index contributed by atoms with van der Waals surface area (Å²) < 4.78 is 1.12. The fraction of sp³-hybridized carbons (Fsp3) is 0.583. The second-order valence-electron chi connectivity index (χ2n) is 5.00. The van der Waals surface area contributed by atoms with Crippen LogP contribution in [0.15, 0.2) is 16.9 Å². The first-order chi connectivity index (χ1) is 8.35. The number of hydrogen-bond donors (Lipinski definition) is 2. The first-order valence-electron chi connectivity index (χ1n) is 5.79. The van der Waals surface area contributed by atoms with E-state index in [1.165, 1.54) is 19.2 Å². The van der Waals surface area contributed by atoms with E-state index in [1.54, 1.807) is 0 Å². The van der Waals surface area contributed by atoms with Gasteiger partial charge in [-0.3, -0.25) is 9.59 Å². The lowest BCUT2D eigenvalue weighted by Crippen LogP contribution is -2.36. The first kappa shape index (κ1) is 14.4. The Balaban J connectivity index is 2.66. The minimum atomic E-state index is -0.323. The summed E-state index contributed by atoms with van der Waals surface area (Å²) in [5.74, 6) is -0.323. The van der Waals surface area contributed by atoms with E-state index in [0.717, 1.165) is 4.68 Å². The van der Waals surface area contributed by atoms with Gasteiger partial charge >= 0.3 is 0 Å². The van der Waals surface area contributed by atoms with Crippen molar-refractivity contribution in [2.24, 2.45) is 12.5 Å². The van der Waals surface area contributed by atoms with E-state index in [4.69, 9.17) is 5.11 Å². The summed E-state index contributed by atoms with van der Waals surface area (Å²) in [6.45, 7) is 4.44. The van der Waals surface area contributed by atoms with Gasteiger partial charge in [-0.1, -0.05) is 13.8 Å². The van der Waals surface area contributed by atoms with Crippen molar-refractivity contribution in [1.29, 1.82) is 0 Å². The summed E-state index contributed by atoms with van der Waals surface area (Å²) in [7, 11) is 1.49. The molecule has 0 aliphatic rings. The number of aliphatic hydroxyl groups is 1. The van der Waals surface area contributed by atoms with Crippen molar-refractivity contribution in [3.05, 3.63) is 28.2 Å². The molecule has 1 amide bonds. The Morgan fingerprint density at radius 2 is 2.17 bits per heavy atom. The van der Waals surface area contributed by atoms with Gasteiger partial charge in [0.15, 0.2) is 0 Å². The molecule has 1 heterocycles. The number of hydrogen-bond acceptors (Lipinski definition) is 4. The van der Waals surface area contributed by atoms with E-state index in [2.05, 4.69) is 10.4 Å². The van der Waals surface area contributed by atoms with Crippen molar-refractivity contribution in [2.75, 3.05) is 13.2 Å². The number of aromatic nitrogens is 2. The molecule has 0 aliphatic carbocycles. The molecule has 0 aromatic carbocycles. The molecule has 1 aromatic rings. The van der Waals surface area contributed by atoms with Crippen molar-refractivity contribution >= 4 is 5.91 Å². The van der Waals surface area contributed by atoms with Crippen molar-refractivity contribution in [2.45, 2.75) is 20.3 Å². The summed E-state index contributed by atoms with van der Waals surface area (Å²) in [6, 6.07) is 2.71. The Hall–Kier alpha value is -1.69. The van der Waals surface area contributed by atoms with Crippen LogP contribution >= 0.6 is 0 Å². The minimum Gasteiger partial charge on any atom is -0.396 e. The SMILES string of the molecule is Cn1nc(C(=O)NCC(C)(C)CCO)ccc1=O. The molecule has 0 aliphatic heterocycles. The van der Waals surface area contributed by atoms with Gasteiger partial charge in [0.2, 0.25) is 0 Å². The van der Waals surface area contributed by atoms with E-state index in [0.29, 0.717) is 13.0 Å². The van der Waals surface area contributed by atoms with Crippen LogP contribution in [0.1, 0.15) is 30.8 Å². The Labute approximate surface area is 106 Å². The smallest absolute Gasteiger partial charge is 0.271 e. The highest BCUT2D eigenvalue weighted by atomic mass is 16.3. The molecule has 2 N–H and O–H groups in total. The van der Waals surface area contributed by atoms with Gasteiger partial charge in [0.1, 0.15) is 5.69 Å². The van der Waals surface area contributed by atoms with Crippen molar-refractivity contribution in [1.82, 2.24) is 15.1 Å².